The Kier molecular flexibility index (Phi) is 6.29. The van der Waals surface area contributed by atoms with Crippen LogP contribution in [0, 0.1) is 0 Å². The molecule has 1 unspecified atom stereocenters. The highest BCUT2D eigenvalue weighted by Gasteiger charge is 2.26. The van der Waals surface area contributed by atoms with Crippen LogP contribution in [0.15, 0.2) is 57.8 Å². The molecule has 0 aliphatic rings. The molecule has 28 heavy (non-hydrogen) atoms. The van der Waals surface area contributed by atoms with Gasteiger partial charge in [0.2, 0.25) is 0 Å². The van der Waals surface area contributed by atoms with Crippen LogP contribution < -0.4 is 5.56 Å². The molecule has 0 N–H and O–H groups in total. The fourth-order valence-electron chi connectivity index (χ4n) is 3.45. The van der Waals surface area contributed by atoms with Gasteiger partial charge in [-0.25, -0.2) is 4.98 Å². The van der Waals surface area contributed by atoms with Crippen LogP contribution >= 0.6 is 15.9 Å². The summed E-state index contributed by atoms with van der Waals surface area (Å²) in [6.45, 7) is 6.98. The lowest BCUT2D eigenvalue weighted by Gasteiger charge is -2.30. The number of hydrogen-bond acceptors (Lipinski definition) is 3. The third kappa shape index (κ3) is 3.87. The number of fused-ring (bicyclic) bond motifs is 1. The van der Waals surface area contributed by atoms with Crippen molar-refractivity contribution in [3.63, 3.8) is 0 Å². The average Bonchev–Trinajstić information content (AvgIpc) is 2.71. The first-order valence-corrected chi connectivity index (χ1v) is 10.3. The Bertz CT molecular complexity index is 1060. The monoisotopic (exact) mass is 441 g/mol. The summed E-state index contributed by atoms with van der Waals surface area (Å²) in [6.07, 6.45) is 0.814. The summed E-state index contributed by atoms with van der Waals surface area (Å²) in [6, 6.07) is 14.4. The minimum absolute atomic E-state index is 0.0682. The molecule has 0 aliphatic heterocycles. The number of carbonyl (C=O) groups is 1. The first-order valence-electron chi connectivity index (χ1n) is 9.53. The first-order chi connectivity index (χ1) is 13.5. The van der Waals surface area contributed by atoms with E-state index >= 15 is 0 Å². The van der Waals surface area contributed by atoms with Crippen LogP contribution in [0.25, 0.3) is 10.9 Å². The maximum Gasteiger partial charge on any atom is 0.261 e. The van der Waals surface area contributed by atoms with E-state index in [2.05, 4.69) is 15.9 Å². The maximum absolute atomic E-state index is 13.2. The molecule has 2 aromatic carbocycles. The summed E-state index contributed by atoms with van der Waals surface area (Å²) in [4.78, 5) is 32.8. The van der Waals surface area contributed by atoms with Crippen LogP contribution in [0.1, 0.15) is 49.4 Å². The fourth-order valence-corrected chi connectivity index (χ4v) is 3.85. The van der Waals surface area contributed by atoms with Crippen molar-refractivity contribution < 1.29 is 4.79 Å². The molecule has 0 fully saturated rings. The van der Waals surface area contributed by atoms with Crippen molar-refractivity contribution in [2.24, 2.45) is 0 Å². The van der Waals surface area contributed by atoms with Crippen molar-refractivity contribution in [1.82, 2.24) is 14.5 Å². The van der Waals surface area contributed by atoms with E-state index in [-0.39, 0.29) is 17.5 Å². The van der Waals surface area contributed by atoms with E-state index in [1.54, 1.807) is 15.5 Å². The third-order valence-corrected chi connectivity index (χ3v) is 5.34. The molecule has 1 aromatic heterocycles. The summed E-state index contributed by atoms with van der Waals surface area (Å²) < 4.78 is 2.53. The highest BCUT2D eigenvalue weighted by Crippen LogP contribution is 2.23. The second kappa shape index (κ2) is 8.69. The SMILES string of the molecule is CCCN(C(=O)c1cccc(Br)c1)C(C)c1nc2ccccc2c(=O)n1CC. The van der Waals surface area contributed by atoms with Crippen molar-refractivity contribution in [2.45, 2.75) is 39.8 Å². The lowest BCUT2D eigenvalue weighted by Crippen LogP contribution is -2.38. The van der Waals surface area contributed by atoms with Crippen molar-refractivity contribution in [3.8, 4) is 0 Å². The zero-order valence-electron chi connectivity index (χ0n) is 16.4. The minimum Gasteiger partial charge on any atom is -0.329 e. The summed E-state index contributed by atoms with van der Waals surface area (Å²) in [5.74, 6) is 0.545. The van der Waals surface area contributed by atoms with Gasteiger partial charge in [0.15, 0.2) is 0 Å². The predicted octanol–water partition coefficient (Wildman–Crippen LogP) is 4.79. The van der Waals surface area contributed by atoms with Gasteiger partial charge >= 0.3 is 0 Å². The van der Waals surface area contributed by atoms with Crippen molar-refractivity contribution in [1.29, 1.82) is 0 Å². The van der Waals surface area contributed by atoms with Gasteiger partial charge in [0.25, 0.3) is 11.5 Å². The number of benzene rings is 2. The molecule has 5 nitrogen and oxygen atoms in total. The van der Waals surface area contributed by atoms with Crippen LogP contribution in [-0.2, 0) is 6.54 Å². The molecule has 0 saturated carbocycles. The van der Waals surface area contributed by atoms with Gasteiger partial charge in [-0.2, -0.15) is 0 Å². The Hall–Kier alpha value is -2.47. The number of hydrogen-bond donors (Lipinski definition) is 0. The van der Waals surface area contributed by atoms with Gasteiger partial charge in [-0.15, -0.1) is 0 Å². The molecule has 146 valence electrons. The second-order valence-corrected chi connectivity index (χ2v) is 7.64. The second-order valence-electron chi connectivity index (χ2n) is 6.72. The van der Waals surface area contributed by atoms with Crippen molar-refractivity contribution in [3.05, 3.63) is 74.7 Å². The summed E-state index contributed by atoms with van der Waals surface area (Å²) in [5.41, 5.74) is 1.20. The molecule has 6 heteroatoms. The Balaban J connectivity index is 2.10. The van der Waals surface area contributed by atoms with E-state index < -0.39 is 0 Å². The van der Waals surface area contributed by atoms with Crippen LogP contribution in [0.5, 0.6) is 0 Å². The van der Waals surface area contributed by atoms with Crippen LogP contribution in [0.2, 0.25) is 0 Å². The summed E-state index contributed by atoms with van der Waals surface area (Å²) in [7, 11) is 0. The van der Waals surface area contributed by atoms with Gasteiger partial charge < -0.3 is 4.90 Å². The van der Waals surface area contributed by atoms with Crippen LogP contribution in [0.3, 0.4) is 0 Å². The van der Waals surface area contributed by atoms with E-state index in [0.717, 1.165) is 10.9 Å². The summed E-state index contributed by atoms with van der Waals surface area (Å²) >= 11 is 3.43. The maximum atomic E-state index is 13.2. The van der Waals surface area contributed by atoms with Gasteiger partial charge in [0, 0.05) is 23.1 Å². The van der Waals surface area contributed by atoms with E-state index in [9.17, 15) is 9.59 Å². The Morgan fingerprint density at radius 1 is 1.18 bits per heavy atom. The fraction of sp³-hybridized carbons (Fsp3) is 0.318. The third-order valence-electron chi connectivity index (χ3n) is 4.85. The van der Waals surface area contributed by atoms with Gasteiger partial charge in [-0.1, -0.05) is 41.1 Å². The number of nitrogens with zero attached hydrogens (tertiary/aromatic N) is 3. The zero-order chi connectivity index (χ0) is 20.3. The number of amides is 1. The molecular formula is C22H24BrN3O2. The molecule has 0 aliphatic carbocycles. The normalized spacial score (nSPS) is 12.1. The number of carbonyl (C=O) groups excluding carboxylic acids is 1. The molecule has 0 saturated heterocycles. The molecule has 1 atom stereocenters. The number of halogens is 1. The minimum atomic E-state index is -0.330. The Morgan fingerprint density at radius 3 is 2.61 bits per heavy atom. The molecule has 3 aromatic rings. The van der Waals surface area contributed by atoms with Gasteiger partial charge in [-0.3, -0.25) is 14.2 Å². The lowest BCUT2D eigenvalue weighted by atomic mass is 10.1. The molecule has 0 radical (unpaired) electrons. The number of aromatic nitrogens is 2. The molecule has 0 bridgehead atoms. The van der Waals surface area contributed by atoms with Gasteiger partial charge in [-0.05, 0) is 50.6 Å². The van der Waals surface area contributed by atoms with Gasteiger partial charge in [0.1, 0.15) is 5.82 Å². The Labute approximate surface area is 173 Å². The predicted molar refractivity (Wildman–Crippen MR) is 116 cm³/mol. The highest BCUT2D eigenvalue weighted by molar-refractivity contribution is 9.10. The molecule has 1 heterocycles. The molecule has 3 rings (SSSR count). The van der Waals surface area contributed by atoms with Crippen LogP contribution in [-0.4, -0.2) is 26.9 Å². The van der Waals surface area contributed by atoms with E-state index in [0.29, 0.717) is 35.4 Å². The summed E-state index contributed by atoms with van der Waals surface area (Å²) in [5, 5.41) is 0.598. The average molecular weight is 442 g/mol. The Morgan fingerprint density at radius 2 is 1.93 bits per heavy atom. The molecule has 0 spiro atoms. The van der Waals surface area contributed by atoms with E-state index in [1.165, 1.54) is 0 Å². The lowest BCUT2D eigenvalue weighted by molar-refractivity contribution is 0.0679. The zero-order valence-corrected chi connectivity index (χ0v) is 17.9. The van der Waals surface area contributed by atoms with E-state index in [1.807, 2.05) is 63.2 Å². The van der Waals surface area contributed by atoms with Crippen molar-refractivity contribution in [2.75, 3.05) is 6.54 Å². The molecule has 1 amide bonds. The van der Waals surface area contributed by atoms with E-state index in [4.69, 9.17) is 4.98 Å². The quantitative estimate of drug-likeness (QED) is 0.552. The standard InChI is InChI=1S/C22H24BrN3O2/c1-4-13-26(21(27)16-9-8-10-17(23)14-16)15(3)20-24-19-12-7-6-11-18(19)22(28)25(20)5-2/h6-12,14-15H,4-5,13H2,1-3H3. The first kappa shape index (κ1) is 20.3. The number of rotatable bonds is 6. The van der Waals surface area contributed by atoms with Crippen molar-refractivity contribution >= 4 is 32.7 Å². The largest absolute Gasteiger partial charge is 0.329 e. The smallest absolute Gasteiger partial charge is 0.261 e. The molecular weight excluding hydrogens is 418 g/mol. The number of para-hydroxylation sites is 1. The topological polar surface area (TPSA) is 55.2 Å². The van der Waals surface area contributed by atoms with Gasteiger partial charge in [0.05, 0.1) is 16.9 Å². The van der Waals surface area contributed by atoms with Crippen LogP contribution in [0.4, 0.5) is 0 Å². The highest BCUT2D eigenvalue weighted by atomic mass is 79.9.